The zero-order valence-corrected chi connectivity index (χ0v) is 12.1. The molecule has 3 aromatic rings. The number of rotatable bonds is 3. The highest BCUT2D eigenvalue weighted by molar-refractivity contribution is 6.03. The number of carbonyl (C=O) groups excluding carboxylic acids is 1. The van der Waals surface area contributed by atoms with E-state index in [4.69, 9.17) is 0 Å². The Morgan fingerprint density at radius 3 is 2.48 bits per heavy atom. The van der Waals surface area contributed by atoms with Gasteiger partial charge in [-0.1, -0.05) is 17.3 Å². The number of benzene rings is 2. The van der Waals surface area contributed by atoms with E-state index in [9.17, 15) is 13.6 Å². The van der Waals surface area contributed by atoms with Gasteiger partial charge in [-0.25, -0.2) is 13.5 Å². The lowest BCUT2D eigenvalue weighted by Gasteiger charge is -2.05. The Morgan fingerprint density at radius 1 is 1.09 bits per heavy atom. The Morgan fingerprint density at radius 2 is 1.78 bits per heavy atom. The van der Waals surface area contributed by atoms with Gasteiger partial charge in [0.25, 0.3) is 5.91 Å². The summed E-state index contributed by atoms with van der Waals surface area (Å²) in [5, 5.41) is 10.2. The van der Waals surface area contributed by atoms with Gasteiger partial charge in [-0.05, 0) is 43.3 Å². The molecule has 1 aromatic heterocycles. The zero-order valence-electron chi connectivity index (χ0n) is 12.1. The topological polar surface area (TPSA) is 59.8 Å². The number of nitrogens with one attached hydrogen (secondary N) is 1. The first-order valence-corrected chi connectivity index (χ1v) is 6.80. The molecule has 0 spiro atoms. The summed E-state index contributed by atoms with van der Waals surface area (Å²) in [7, 11) is 0. The Labute approximate surface area is 130 Å². The van der Waals surface area contributed by atoms with Crippen LogP contribution >= 0.6 is 0 Å². The SMILES string of the molecule is Cc1c(C(=O)Nc2ccccc2F)nnn1-c1ccc(F)cc1. The molecule has 1 heterocycles. The van der Waals surface area contributed by atoms with Gasteiger partial charge in [0.1, 0.15) is 11.6 Å². The van der Waals surface area contributed by atoms with Gasteiger partial charge in [-0.3, -0.25) is 4.79 Å². The molecule has 0 unspecified atom stereocenters. The van der Waals surface area contributed by atoms with Crippen molar-refractivity contribution in [2.45, 2.75) is 6.92 Å². The maximum absolute atomic E-state index is 13.6. The van der Waals surface area contributed by atoms with Crippen molar-refractivity contribution in [3.63, 3.8) is 0 Å². The van der Waals surface area contributed by atoms with Gasteiger partial charge in [0.05, 0.1) is 17.1 Å². The van der Waals surface area contributed by atoms with Crippen LogP contribution in [0.5, 0.6) is 0 Å². The Kier molecular flexibility index (Phi) is 3.84. The van der Waals surface area contributed by atoms with Crippen LogP contribution in [0.3, 0.4) is 0 Å². The average Bonchev–Trinajstić information content (AvgIpc) is 2.92. The molecule has 2 aromatic carbocycles. The first-order chi connectivity index (χ1) is 11.1. The summed E-state index contributed by atoms with van der Waals surface area (Å²) in [6.07, 6.45) is 0. The summed E-state index contributed by atoms with van der Waals surface area (Å²) in [6.45, 7) is 1.65. The predicted molar refractivity (Wildman–Crippen MR) is 80.4 cm³/mol. The van der Waals surface area contributed by atoms with Gasteiger partial charge in [0.15, 0.2) is 5.69 Å². The third-order valence-corrected chi connectivity index (χ3v) is 3.30. The van der Waals surface area contributed by atoms with Gasteiger partial charge in [-0.15, -0.1) is 5.10 Å². The first-order valence-electron chi connectivity index (χ1n) is 6.80. The molecule has 0 bridgehead atoms. The van der Waals surface area contributed by atoms with E-state index < -0.39 is 11.7 Å². The van der Waals surface area contributed by atoms with Crippen molar-refractivity contribution in [3.05, 3.63) is 71.6 Å². The van der Waals surface area contributed by atoms with Gasteiger partial charge < -0.3 is 5.32 Å². The van der Waals surface area contributed by atoms with Crippen LogP contribution in [0.2, 0.25) is 0 Å². The maximum atomic E-state index is 13.6. The number of hydrogen-bond donors (Lipinski definition) is 1. The van der Waals surface area contributed by atoms with E-state index in [-0.39, 0.29) is 17.2 Å². The summed E-state index contributed by atoms with van der Waals surface area (Å²) in [5.74, 6) is -1.48. The Balaban J connectivity index is 1.88. The maximum Gasteiger partial charge on any atom is 0.278 e. The summed E-state index contributed by atoms with van der Waals surface area (Å²) in [5.41, 5.74) is 1.16. The van der Waals surface area contributed by atoms with E-state index in [1.54, 1.807) is 13.0 Å². The third-order valence-electron chi connectivity index (χ3n) is 3.30. The monoisotopic (exact) mass is 314 g/mol. The van der Waals surface area contributed by atoms with Crippen molar-refractivity contribution < 1.29 is 13.6 Å². The average molecular weight is 314 g/mol. The summed E-state index contributed by atoms with van der Waals surface area (Å²) < 4.78 is 28.0. The van der Waals surface area contributed by atoms with E-state index in [1.807, 2.05) is 0 Å². The number of nitrogens with zero attached hydrogens (tertiary/aromatic N) is 3. The Hall–Kier alpha value is -3.09. The van der Waals surface area contributed by atoms with E-state index in [2.05, 4.69) is 15.6 Å². The van der Waals surface area contributed by atoms with Crippen LogP contribution in [0.4, 0.5) is 14.5 Å². The second-order valence-electron chi connectivity index (χ2n) is 4.85. The molecule has 23 heavy (non-hydrogen) atoms. The quantitative estimate of drug-likeness (QED) is 0.808. The largest absolute Gasteiger partial charge is 0.318 e. The molecule has 1 N–H and O–H groups in total. The minimum Gasteiger partial charge on any atom is -0.318 e. The third kappa shape index (κ3) is 2.94. The van der Waals surface area contributed by atoms with Gasteiger partial charge in [-0.2, -0.15) is 0 Å². The van der Waals surface area contributed by atoms with Crippen molar-refractivity contribution in [1.82, 2.24) is 15.0 Å². The molecular formula is C16H12F2N4O. The fraction of sp³-hybridized carbons (Fsp3) is 0.0625. The number of carbonyl (C=O) groups is 1. The number of hydrogen-bond acceptors (Lipinski definition) is 3. The summed E-state index contributed by atoms with van der Waals surface area (Å²) in [4.78, 5) is 12.2. The second-order valence-corrected chi connectivity index (χ2v) is 4.85. The molecule has 0 atom stereocenters. The van der Waals surface area contributed by atoms with Crippen LogP contribution in [0.25, 0.3) is 5.69 Å². The number of amides is 1. The highest BCUT2D eigenvalue weighted by atomic mass is 19.1. The van der Waals surface area contributed by atoms with Crippen LogP contribution in [0.15, 0.2) is 48.5 Å². The van der Waals surface area contributed by atoms with Crippen LogP contribution in [-0.2, 0) is 0 Å². The highest BCUT2D eigenvalue weighted by Gasteiger charge is 2.18. The summed E-state index contributed by atoms with van der Waals surface area (Å²) in [6, 6.07) is 11.5. The van der Waals surface area contributed by atoms with Gasteiger partial charge >= 0.3 is 0 Å². The van der Waals surface area contributed by atoms with Gasteiger partial charge in [0.2, 0.25) is 0 Å². The normalized spacial score (nSPS) is 10.6. The number of anilines is 1. The fourth-order valence-electron chi connectivity index (χ4n) is 2.11. The van der Waals surface area contributed by atoms with Crippen molar-refractivity contribution >= 4 is 11.6 Å². The molecular weight excluding hydrogens is 302 g/mol. The molecule has 116 valence electrons. The molecule has 0 aliphatic rings. The van der Waals surface area contributed by atoms with Crippen LogP contribution < -0.4 is 5.32 Å². The molecule has 1 amide bonds. The molecule has 5 nitrogen and oxygen atoms in total. The molecule has 7 heteroatoms. The first kappa shape index (κ1) is 14.8. The lowest BCUT2D eigenvalue weighted by Crippen LogP contribution is -2.15. The molecule has 3 rings (SSSR count). The molecule has 0 saturated heterocycles. The van der Waals surface area contributed by atoms with E-state index in [0.717, 1.165) is 0 Å². The lowest BCUT2D eigenvalue weighted by atomic mass is 10.2. The van der Waals surface area contributed by atoms with Crippen molar-refractivity contribution in [3.8, 4) is 5.69 Å². The van der Waals surface area contributed by atoms with Crippen LogP contribution in [-0.4, -0.2) is 20.9 Å². The molecule has 0 radical (unpaired) electrons. The smallest absolute Gasteiger partial charge is 0.278 e. The van der Waals surface area contributed by atoms with Crippen molar-refractivity contribution in [1.29, 1.82) is 0 Å². The number of aromatic nitrogens is 3. The fourth-order valence-corrected chi connectivity index (χ4v) is 2.11. The molecule has 0 fully saturated rings. The minimum absolute atomic E-state index is 0.0632. The van der Waals surface area contributed by atoms with Crippen molar-refractivity contribution in [2.24, 2.45) is 0 Å². The zero-order chi connectivity index (χ0) is 16.4. The number of para-hydroxylation sites is 1. The minimum atomic E-state index is -0.569. The Bertz CT molecular complexity index is 859. The lowest BCUT2D eigenvalue weighted by molar-refractivity contribution is 0.102. The van der Waals surface area contributed by atoms with E-state index in [0.29, 0.717) is 11.4 Å². The molecule has 0 aliphatic carbocycles. The van der Waals surface area contributed by atoms with Crippen LogP contribution in [0.1, 0.15) is 16.2 Å². The van der Waals surface area contributed by atoms with Crippen LogP contribution in [0, 0.1) is 18.6 Å². The predicted octanol–water partition coefficient (Wildman–Crippen LogP) is 3.11. The molecule has 0 aliphatic heterocycles. The van der Waals surface area contributed by atoms with E-state index in [1.165, 1.54) is 47.1 Å². The second kappa shape index (κ2) is 5.96. The van der Waals surface area contributed by atoms with Crippen molar-refractivity contribution in [2.75, 3.05) is 5.32 Å². The van der Waals surface area contributed by atoms with E-state index >= 15 is 0 Å². The summed E-state index contributed by atoms with van der Waals surface area (Å²) >= 11 is 0. The van der Waals surface area contributed by atoms with Gasteiger partial charge in [0, 0.05) is 0 Å². The highest BCUT2D eigenvalue weighted by Crippen LogP contribution is 2.16. The standard InChI is InChI=1S/C16H12F2N4O/c1-10-15(16(23)19-14-5-3-2-4-13(14)18)20-21-22(10)12-8-6-11(17)7-9-12/h2-9H,1H3,(H,19,23). The number of halogens is 2. The molecule has 0 saturated carbocycles.